The zero-order chi connectivity index (χ0) is 25.0. The largest absolute Gasteiger partial charge is 0.379 e. The van der Waals surface area contributed by atoms with Crippen molar-refractivity contribution < 1.29 is 9.53 Å². The lowest BCUT2D eigenvalue weighted by Gasteiger charge is -2.44. The van der Waals surface area contributed by atoms with Crippen molar-refractivity contribution in [3.8, 4) is 0 Å². The molecule has 4 atom stereocenters. The Bertz CT molecular complexity index is 1290. The van der Waals surface area contributed by atoms with E-state index in [0.717, 1.165) is 72.9 Å². The van der Waals surface area contributed by atoms with E-state index in [1.807, 2.05) is 31.6 Å². The van der Waals surface area contributed by atoms with Crippen molar-refractivity contribution in [2.75, 3.05) is 49.6 Å². The molecule has 1 N–H and O–H groups in total. The number of amides is 1. The van der Waals surface area contributed by atoms with Crippen molar-refractivity contribution in [2.45, 2.75) is 31.7 Å². The minimum Gasteiger partial charge on any atom is -0.379 e. The van der Waals surface area contributed by atoms with Crippen molar-refractivity contribution in [3.05, 3.63) is 47.4 Å². The standard InChI is InChI=1S/C27H33ClN6O2/c1-17-24(20-14-30-32(3)15-20)25(17)26(35)31-23-12-18-11-22(21(28)10-19(18)13-29-23)33-5-7-34(8-6-33)27(2)4-9-36-16-27/h10-15,17,24-25H,4-9,16H2,1-3H3,(H,29,31,35)/t17-,24-,25+,27-/m1/s1. The van der Waals surface area contributed by atoms with Crippen molar-refractivity contribution >= 4 is 39.8 Å². The maximum absolute atomic E-state index is 13.0. The monoisotopic (exact) mass is 508 g/mol. The van der Waals surface area contributed by atoms with Gasteiger partial charge in [0.2, 0.25) is 5.91 Å². The first-order valence-corrected chi connectivity index (χ1v) is 13.2. The van der Waals surface area contributed by atoms with Crippen LogP contribution in [0, 0.1) is 11.8 Å². The third-order valence-electron chi connectivity index (χ3n) is 8.41. The summed E-state index contributed by atoms with van der Waals surface area (Å²) in [6.45, 7) is 9.91. The number of rotatable bonds is 5. The fraction of sp³-hybridized carbons (Fsp3) is 0.519. The van der Waals surface area contributed by atoms with E-state index >= 15 is 0 Å². The van der Waals surface area contributed by atoms with E-state index in [4.69, 9.17) is 16.3 Å². The normalized spacial score (nSPS) is 28.6. The van der Waals surface area contributed by atoms with Gasteiger partial charge >= 0.3 is 0 Å². The summed E-state index contributed by atoms with van der Waals surface area (Å²) in [6, 6.07) is 6.06. The van der Waals surface area contributed by atoms with Crippen LogP contribution in [-0.2, 0) is 16.6 Å². The van der Waals surface area contributed by atoms with Gasteiger partial charge in [0.1, 0.15) is 5.82 Å². The molecule has 9 heteroatoms. The molecule has 1 amide bonds. The van der Waals surface area contributed by atoms with Gasteiger partial charge in [-0.3, -0.25) is 14.4 Å². The van der Waals surface area contributed by atoms with Crippen LogP contribution in [0.25, 0.3) is 10.8 Å². The van der Waals surface area contributed by atoms with E-state index in [1.165, 1.54) is 0 Å². The van der Waals surface area contributed by atoms with Gasteiger partial charge in [-0.05, 0) is 48.4 Å². The Labute approximate surface area is 216 Å². The quantitative estimate of drug-likeness (QED) is 0.563. The van der Waals surface area contributed by atoms with Gasteiger partial charge in [0.25, 0.3) is 0 Å². The van der Waals surface area contributed by atoms with Gasteiger partial charge in [0, 0.05) is 75.0 Å². The second kappa shape index (κ2) is 9.01. The fourth-order valence-electron chi connectivity index (χ4n) is 6.05. The molecule has 2 aliphatic heterocycles. The van der Waals surface area contributed by atoms with Crippen molar-refractivity contribution in [1.29, 1.82) is 0 Å². The van der Waals surface area contributed by atoms with E-state index in [1.54, 1.807) is 10.9 Å². The molecular weight excluding hydrogens is 476 g/mol. The number of piperazine rings is 1. The van der Waals surface area contributed by atoms with Crippen LogP contribution < -0.4 is 10.2 Å². The Morgan fingerprint density at radius 2 is 1.97 bits per heavy atom. The number of aromatic nitrogens is 3. The highest BCUT2D eigenvalue weighted by Crippen LogP contribution is 2.54. The molecule has 2 aromatic heterocycles. The topological polar surface area (TPSA) is 75.5 Å². The van der Waals surface area contributed by atoms with Crippen LogP contribution >= 0.6 is 11.6 Å². The van der Waals surface area contributed by atoms with Crippen LogP contribution in [-0.4, -0.2) is 70.5 Å². The molecule has 190 valence electrons. The maximum Gasteiger partial charge on any atom is 0.229 e. The van der Waals surface area contributed by atoms with Crippen LogP contribution in [0.5, 0.6) is 0 Å². The SMILES string of the molecule is C[C@H]1[C@H](C(=O)Nc2cc3cc(N4CCN([C@]5(C)CCOC5)CC4)c(Cl)cc3cn2)[C@H]1c1cnn(C)c1. The van der Waals surface area contributed by atoms with Gasteiger partial charge in [-0.15, -0.1) is 0 Å². The molecule has 3 aliphatic rings. The molecule has 6 rings (SSSR count). The Hall–Kier alpha value is -2.68. The summed E-state index contributed by atoms with van der Waals surface area (Å²) in [5.41, 5.74) is 2.30. The van der Waals surface area contributed by atoms with Gasteiger partial charge in [0.05, 0.1) is 23.5 Å². The number of carbonyl (C=O) groups is 1. The molecule has 1 aromatic carbocycles. The van der Waals surface area contributed by atoms with Crippen molar-refractivity contribution in [2.24, 2.45) is 18.9 Å². The number of hydrogen-bond donors (Lipinski definition) is 1. The van der Waals surface area contributed by atoms with Crippen LogP contribution in [0.1, 0.15) is 31.7 Å². The number of hydrogen-bond acceptors (Lipinski definition) is 6. The predicted molar refractivity (Wildman–Crippen MR) is 142 cm³/mol. The molecule has 0 bridgehead atoms. The zero-order valence-electron chi connectivity index (χ0n) is 21.1. The minimum atomic E-state index is -0.0594. The average molecular weight is 509 g/mol. The smallest absolute Gasteiger partial charge is 0.229 e. The first kappa shape index (κ1) is 23.7. The molecule has 3 fully saturated rings. The molecule has 4 heterocycles. The van der Waals surface area contributed by atoms with E-state index in [2.05, 4.69) is 45.1 Å². The second-order valence-electron chi connectivity index (χ2n) is 10.8. The van der Waals surface area contributed by atoms with E-state index in [-0.39, 0.29) is 29.2 Å². The highest BCUT2D eigenvalue weighted by molar-refractivity contribution is 6.34. The van der Waals surface area contributed by atoms with Crippen LogP contribution in [0.3, 0.4) is 0 Å². The molecule has 2 saturated heterocycles. The van der Waals surface area contributed by atoms with E-state index in [0.29, 0.717) is 5.82 Å². The van der Waals surface area contributed by atoms with Crippen LogP contribution in [0.2, 0.25) is 5.02 Å². The lowest BCUT2D eigenvalue weighted by atomic mass is 9.98. The number of carbonyl (C=O) groups excluding carboxylic acids is 1. The summed E-state index contributed by atoms with van der Waals surface area (Å²) < 4.78 is 7.45. The lowest BCUT2D eigenvalue weighted by Crippen LogP contribution is -2.56. The summed E-state index contributed by atoms with van der Waals surface area (Å²) >= 11 is 6.71. The minimum absolute atomic E-state index is 0.0119. The lowest BCUT2D eigenvalue weighted by molar-refractivity contribution is -0.117. The number of aryl methyl sites for hydroxylation is 1. The van der Waals surface area contributed by atoms with Gasteiger partial charge in [-0.1, -0.05) is 18.5 Å². The summed E-state index contributed by atoms with van der Waals surface area (Å²) in [5.74, 6) is 1.02. The molecule has 0 spiro atoms. The van der Waals surface area contributed by atoms with Crippen molar-refractivity contribution in [1.82, 2.24) is 19.7 Å². The third kappa shape index (κ3) is 4.25. The molecule has 36 heavy (non-hydrogen) atoms. The number of halogens is 1. The Balaban J connectivity index is 1.16. The number of nitrogens with zero attached hydrogens (tertiary/aromatic N) is 5. The number of anilines is 2. The first-order valence-electron chi connectivity index (χ1n) is 12.8. The van der Waals surface area contributed by atoms with Crippen molar-refractivity contribution in [3.63, 3.8) is 0 Å². The van der Waals surface area contributed by atoms with E-state index < -0.39 is 0 Å². The Morgan fingerprint density at radius 3 is 2.67 bits per heavy atom. The molecule has 8 nitrogen and oxygen atoms in total. The highest BCUT2D eigenvalue weighted by atomic mass is 35.5. The number of fused-ring (bicyclic) bond motifs is 1. The van der Waals surface area contributed by atoms with E-state index in [9.17, 15) is 4.79 Å². The molecule has 1 aliphatic carbocycles. The Kier molecular flexibility index (Phi) is 5.93. The predicted octanol–water partition coefficient (Wildman–Crippen LogP) is 3.91. The summed E-state index contributed by atoms with van der Waals surface area (Å²) in [7, 11) is 1.90. The zero-order valence-corrected chi connectivity index (χ0v) is 21.8. The molecule has 0 unspecified atom stereocenters. The summed E-state index contributed by atoms with van der Waals surface area (Å²) in [5, 5.41) is 10.0. The molecule has 0 radical (unpaired) electrons. The fourth-order valence-corrected chi connectivity index (χ4v) is 6.35. The number of ether oxygens (including phenoxy) is 1. The molecular formula is C27H33ClN6O2. The summed E-state index contributed by atoms with van der Waals surface area (Å²) in [4.78, 5) is 22.4. The maximum atomic E-state index is 13.0. The van der Waals surface area contributed by atoms with Gasteiger partial charge in [-0.2, -0.15) is 5.10 Å². The van der Waals surface area contributed by atoms with Crippen LogP contribution in [0.4, 0.5) is 11.5 Å². The van der Waals surface area contributed by atoms with Crippen LogP contribution in [0.15, 0.2) is 36.8 Å². The molecule has 3 aromatic rings. The van der Waals surface area contributed by atoms with Gasteiger partial charge in [0.15, 0.2) is 0 Å². The summed E-state index contributed by atoms with van der Waals surface area (Å²) in [6.07, 6.45) is 6.73. The van der Waals surface area contributed by atoms with Gasteiger partial charge in [-0.25, -0.2) is 4.98 Å². The number of nitrogens with one attached hydrogen (secondary N) is 1. The third-order valence-corrected chi connectivity index (χ3v) is 8.71. The molecule has 1 saturated carbocycles. The first-order chi connectivity index (χ1) is 17.3. The number of benzene rings is 1. The Morgan fingerprint density at radius 1 is 1.17 bits per heavy atom. The van der Waals surface area contributed by atoms with Gasteiger partial charge < -0.3 is 15.0 Å². The average Bonchev–Trinajstić information content (AvgIpc) is 3.15. The number of pyridine rings is 1. The second-order valence-corrected chi connectivity index (χ2v) is 11.2. The highest BCUT2D eigenvalue weighted by Gasteiger charge is 2.53.